The number of carbonyl (C=O) groups is 2. The van der Waals surface area contributed by atoms with Gasteiger partial charge >= 0.3 is 5.97 Å². The number of rotatable bonds is 8. The molecule has 34 heavy (non-hydrogen) atoms. The van der Waals surface area contributed by atoms with E-state index in [0.717, 1.165) is 17.0 Å². The molecule has 0 saturated heterocycles. The van der Waals surface area contributed by atoms with E-state index < -0.39 is 12.6 Å². The minimum absolute atomic E-state index is 0.122. The van der Waals surface area contributed by atoms with E-state index >= 15 is 0 Å². The van der Waals surface area contributed by atoms with Gasteiger partial charge in [-0.2, -0.15) is 0 Å². The van der Waals surface area contributed by atoms with Gasteiger partial charge in [-0.15, -0.1) is 11.3 Å². The summed E-state index contributed by atoms with van der Waals surface area (Å²) in [6.07, 6.45) is 0. The lowest BCUT2D eigenvalue weighted by molar-refractivity contribution is 0.0478. The number of benzene rings is 1. The van der Waals surface area contributed by atoms with E-state index in [-0.39, 0.29) is 18.2 Å². The zero-order valence-electron chi connectivity index (χ0n) is 19.0. The van der Waals surface area contributed by atoms with Crippen LogP contribution in [0.25, 0.3) is 5.82 Å². The first kappa shape index (κ1) is 23.4. The van der Waals surface area contributed by atoms with Crippen molar-refractivity contribution in [3.05, 3.63) is 80.5 Å². The third kappa shape index (κ3) is 4.91. The standard InChI is InChI=1S/C24H22FN3O5S/c1-13-9-19(16(4)28(13)21-10-14(2)33-27-21)20(29)11-32-24(30)23-15(3)26-22(34-23)12-31-18-7-5-17(25)6-8-18/h5-10H,11-12H2,1-4H3. The van der Waals surface area contributed by atoms with E-state index in [9.17, 15) is 14.0 Å². The van der Waals surface area contributed by atoms with Crippen LogP contribution in [-0.4, -0.2) is 33.1 Å². The number of halogens is 1. The molecule has 0 unspecified atom stereocenters. The average Bonchev–Trinajstić information content (AvgIpc) is 3.48. The molecule has 0 saturated carbocycles. The molecular formula is C24H22FN3O5S. The molecule has 10 heteroatoms. The SMILES string of the molecule is Cc1cc(-n2c(C)cc(C(=O)COC(=O)c3sc(COc4ccc(F)cc4)nc3C)c2C)no1. The summed E-state index contributed by atoms with van der Waals surface area (Å²) in [5.41, 5.74) is 2.42. The zero-order chi connectivity index (χ0) is 24.4. The Morgan fingerprint density at radius 1 is 1.12 bits per heavy atom. The van der Waals surface area contributed by atoms with Gasteiger partial charge in [0.15, 0.2) is 12.4 Å². The first-order chi connectivity index (χ1) is 16.2. The average molecular weight is 484 g/mol. The van der Waals surface area contributed by atoms with Gasteiger partial charge in [-0.3, -0.25) is 9.36 Å². The van der Waals surface area contributed by atoms with Gasteiger partial charge in [0, 0.05) is 23.0 Å². The van der Waals surface area contributed by atoms with Gasteiger partial charge in [0.05, 0.1) is 5.69 Å². The molecule has 0 spiro atoms. The molecule has 0 amide bonds. The Morgan fingerprint density at radius 2 is 1.85 bits per heavy atom. The maximum absolute atomic E-state index is 13.0. The summed E-state index contributed by atoms with van der Waals surface area (Å²) < 4.78 is 30.8. The van der Waals surface area contributed by atoms with Crippen molar-refractivity contribution in [2.45, 2.75) is 34.3 Å². The number of thiazole rings is 1. The van der Waals surface area contributed by atoms with Crippen molar-refractivity contribution in [1.29, 1.82) is 0 Å². The Hall–Kier alpha value is -3.79. The summed E-state index contributed by atoms with van der Waals surface area (Å²) in [4.78, 5) is 30.0. The Balaban J connectivity index is 1.39. The minimum Gasteiger partial charge on any atom is -0.486 e. The van der Waals surface area contributed by atoms with Crippen LogP contribution in [0.1, 0.15) is 47.9 Å². The van der Waals surface area contributed by atoms with Crippen LogP contribution in [0.5, 0.6) is 5.75 Å². The van der Waals surface area contributed by atoms with Crippen molar-refractivity contribution >= 4 is 23.1 Å². The van der Waals surface area contributed by atoms with Crippen molar-refractivity contribution in [2.75, 3.05) is 6.61 Å². The topological polar surface area (TPSA) is 96.5 Å². The van der Waals surface area contributed by atoms with Gasteiger partial charge < -0.3 is 14.0 Å². The molecule has 176 valence electrons. The van der Waals surface area contributed by atoms with Crippen LogP contribution in [0.2, 0.25) is 0 Å². The van der Waals surface area contributed by atoms with Crippen molar-refractivity contribution in [3.8, 4) is 11.6 Å². The number of hydrogen-bond acceptors (Lipinski definition) is 8. The molecule has 0 fully saturated rings. The van der Waals surface area contributed by atoms with Gasteiger partial charge in [-0.05, 0) is 58.0 Å². The van der Waals surface area contributed by atoms with Crippen molar-refractivity contribution in [1.82, 2.24) is 14.7 Å². The number of aromatic nitrogens is 3. The largest absolute Gasteiger partial charge is 0.486 e. The first-order valence-corrected chi connectivity index (χ1v) is 11.2. The fourth-order valence-corrected chi connectivity index (χ4v) is 4.38. The number of esters is 1. The molecule has 0 aliphatic heterocycles. The number of ether oxygens (including phenoxy) is 2. The second-order valence-corrected chi connectivity index (χ2v) is 8.76. The molecule has 4 rings (SSSR count). The van der Waals surface area contributed by atoms with Gasteiger partial charge in [-0.25, -0.2) is 14.2 Å². The number of Topliss-reactive ketones (excluding diaryl/α,β-unsaturated/α-hetero) is 1. The molecular weight excluding hydrogens is 461 g/mol. The van der Waals surface area contributed by atoms with E-state index in [0.29, 0.717) is 44.2 Å². The number of aryl methyl sites for hydroxylation is 3. The summed E-state index contributed by atoms with van der Waals surface area (Å²) in [5, 5.41) is 4.56. The maximum Gasteiger partial charge on any atom is 0.350 e. The Morgan fingerprint density at radius 3 is 2.53 bits per heavy atom. The highest BCUT2D eigenvalue weighted by atomic mass is 32.1. The molecule has 0 aliphatic carbocycles. The quantitative estimate of drug-likeness (QED) is 0.259. The highest BCUT2D eigenvalue weighted by molar-refractivity contribution is 7.13. The van der Waals surface area contributed by atoms with Gasteiger partial charge in [0.25, 0.3) is 0 Å². The lowest BCUT2D eigenvalue weighted by Gasteiger charge is -2.06. The predicted molar refractivity (Wildman–Crippen MR) is 122 cm³/mol. The monoisotopic (exact) mass is 483 g/mol. The molecule has 3 aromatic heterocycles. The first-order valence-electron chi connectivity index (χ1n) is 10.4. The van der Waals surface area contributed by atoms with Crippen LogP contribution in [0.4, 0.5) is 4.39 Å². The Labute approximate surface area is 198 Å². The van der Waals surface area contributed by atoms with Gasteiger partial charge in [0.1, 0.15) is 33.8 Å². The zero-order valence-corrected chi connectivity index (χ0v) is 19.9. The molecule has 0 atom stereocenters. The summed E-state index contributed by atoms with van der Waals surface area (Å²) in [6.45, 7) is 6.85. The molecule has 1 aromatic carbocycles. The van der Waals surface area contributed by atoms with Crippen LogP contribution in [0, 0.1) is 33.5 Å². The lowest BCUT2D eigenvalue weighted by atomic mass is 10.1. The molecule has 8 nitrogen and oxygen atoms in total. The van der Waals surface area contributed by atoms with Gasteiger partial charge in [-0.1, -0.05) is 5.16 Å². The number of ketones is 1. The number of carbonyl (C=O) groups excluding carboxylic acids is 2. The number of nitrogens with zero attached hydrogens (tertiary/aromatic N) is 3. The Kier molecular flexibility index (Phi) is 6.60. The molecule has 4 aromatic rings. The highest BCUT2D eigenvalue weighted by Crippen LogP contribution is 2.23. The summed E-state index contributed by atoms with van der Waals surface area (Å²) in [6, 6.07) is 9.13. The third-order valence-corrected chi connectivity index (χ3v) is 6.22. The smallest absolute Gasteiger partial charge is 0.350 e. The van der Waals surface area contributed by atoms with Crippen LogP contribution < -0.4 is 4.74 Å². The van der Waals surface area contributed by atoms with Crippen LogP contribution in [-0.2, 0) is 11.3 Å². The molecule has 0 radical (unpaired) electrons. The fraction of sp³-hybridized carbons (Fsp3) is 0.250. The van der Waals surface area contributed by atoms with E-state index in [1.807, 2.05) is 11.5 Å². The second-order valence-electron chi connectivity index (χ2n) is 7.68. The van der Waals surface area contributed by atoms with Crippen molar-refractivity contribution in [2.24, 2.45) is 0 Å². The summed E-state index contributed by atoms with van der Waals surface area (Å²) >= 11 is 1.13. The van der Waals surface area contributed by atoms with E-state index in [2.05, 4.69) is 10.1 Å². The summed E-state index contributed by atoms with van der Waals surface area (Å²) in [5.74, 6) is 0.424. The van der Waals surface area contributed by atoms with E-state index in [1.54, 1.807) is 32.9 Å². The predicted octanol–water partition coefficient (Wildman–Crippen LogP) is 4.91. The second kappa shape index (κ2) is 9.60. The van der Waals surface area contributed by atoms with Crippen LogP contribution in [0.15, 0.2) is 40.9 Å². The maximum atomic E-state index is 13.0. The van der Waals surface area contributed by atoms with Crippen LogP contribution >= 0.6 is 11.3 Å². The molecule has 0 bridgehead atoms. The third-order valence-electron chi connectivity index (χ3n) is 5.11. The normalized spacial score (nSPS) is 11.0. The molecule has 0 aliphatic rings. The highest BCUT2D eigenvalue weighted by Gasteiger charge is 2.22. The molecule has 3 heterocycles. The fourth-order valence-electron chi connectivity index (χ4n) is 3.51. The van der Waals surface area contributed by atoms with Crippen molar-refractivity contribution < 1.29 is 28.0 Å². The Bertz CT molecular complexity index is 1350. The van der Waals surface area contributed by atoms with Crippen LogP contribution in [0.3, 0.4) is 0 Å². The van der Waals surface area contributed by atoms with E-state index in [4.69, 9.17) is 14.0 Å². The van der Waals surface area contributed by atoms with Gasteiger partial charge in [0.2, 0.25) is 5.78 Å². The van der Waals surface area contributed by atoms with Crippen molar-refractivity contribution in [3.63, 3.8) is 0 Å². The van der Waals surface area contributed by atoms with E-state index in [1.165, 1.54) is 24.3 Å². The number of hydrogen-bond donors (Lipinski definition) is 0. The minimum atomic E-state index is -0.627. The molecule has 0 N–H and O–H groups in total. The summed E-state index contributed by atoms with van der Waals surface area (Å²) in [7, 11) is 0. The lowest BCUT2D eigenvalue weighted by Crippen LogP contribution is -2.15.